The molecule has 3 rings (SSSR count). The lowest BCUT2D eigenvalue weighted by molar-refractivity contribution is 0.0703. The van der Waals surface area contributed by atoms with E-state index in [0.717, 1.165) is 45.3 Å². The number of piperidine rings is 1. The fraction of sp³-hybridized carbons (Fsp3) is 0.600. The monoisotopic (exact) mass is 291 g/mol. The zero-order chi connectivity index (χ0) is 14.8. The van der Waals surface area contributed by atoms with Gasteiger partial charge in [0.1, 0.15) is 0 Å². The summed E-state index contributed by atoms with van der Waals surface area (Å²) in [5.74, 6) is 0.0595. The summed E-state index contributed by atoms with van der Waals surface area (Å²) in [6, 6.07) is 2.88. The quantitative estimate of drug-likeness (QED) is 0.761. The normalized spacial score (nSPS) is 22.0. The Morgan fingerprint density at radius 3 is 2.76 bits per heavy atom. The van der Waals surface area contributed by atoms with Gasteiger partial charge in [-0.05, 0) is 44.7 Å². The number of rotatable bonds is 4. The molecule has 1 aromatic rings. The number of aromatic amines is 1. The van der Waals surface area contributed by atoms with Crippen LogP contribution >= 0.6 is 0 Å². The molecule has 1 amide bonds. The van der Waals surface area contributed by atoms with E-state index >= 15 is 0 Å². The minimum absolute atomic E-state index is 0.149. The Labute approximate surface area is 123 Å². The molecule has 0 bridgehead atoms. The number of pyridine rings is 1. The fourth-order valence-corrected chi connectivity index (χ4v) is 2.96. The van der Waals surface area contributed by atoms with E-state index < -0.39 is 5.56 Å². The first kappa shape index (κ1) is 14.1. The minimum Gasteiger partial charge on any atom is -0.494 e. The van der Waals surface area contributed by atoms with Crippen LogP contribution in [0.25, 0.3) is 0 Å². The van der Waals surface area contributed by atoms with E-state index in [-0.39, 0.29) is 17.4 Å². The Kier molecular flexibility index (Phi) is 3.96. The lowest BCUT2D eigenvalue weighted by atomic mass is 9.98. The van der Waals surface area contributed by atoms with E-state index in [0.29, 0.717) is 12.0 Å². The summed E-state index contributed by atoms with van der Waals surface area (Å²) in [6.07, 6.45) is 4.33. The molecular formula is C15H21N3O3. The molecule has 1 aromatic heterocycles. The van der Waals surface area contributed by atoms with Crippen LogP contribution < -0.4 is 10.9 Å². The van der Waals surface area contributed by atoms with Gasteiger partial charge in [-0.15, -0.1) is 0 Å². The second-order valence-corrected chi connectivity index (χ2v) is 6.02. The van der Waals surface area contributed by atoms with E-state index in [2.05, 4.69) is 10.3 Å². The maximum Gasteiger partial charge on any atom is 0.254 e. The van der Waals surface area contributed by atoms with Crippen molar-refractivity contribution in [2.45, 2.75) is 31.7 Å². The topological polar surface area (TPSA) is 85.4 Å². The lowest BCUT2D eigenvalue weighted by Crippen LogP contribution is -2.42. The fourth-order valence-electron chi connectivity index (χ4n) is 2.96. The van der Waals surface area contributed by atoms with Gasteiger partial charge in [-0.25, -0.2) is 0 Å². The number of carbonyl (C=O) groups excluding carboxylic acids is 1. The van der Waals surface area contributed by atoms with Crippen molar-refractivity contribution in [3.8, 4) is 5.88 Å². The van der Waals surface area contributed by atoms with Gasteiger partial charge in [-0.1, -0.05) is 0 Å². The van der Waals surface area contributed by atoms with Gasteiger partial charge in [0, 0.05) is 24.7 Å². The minimum atomic E-state index is -0.451. The van der Waals surface area contributed by atoms with Crippen molar-refractivity contribution in [2.24, 2.45) is 5.92 Å². The molecule has 0 aromatic carbocycles. The van der Waals surface area contributed by atoms with Gasteiger partial charge in [0.2, 0.25) is 0 Å². The van der Waals surface area contributed by atoms with Crippen LogP contribution in [-0.4, -0.2) is 46.6 Å². The number of H-pyrrole nitrogens is 1. The van der Waals surface area contributed by atoms with E-state index in [1.807, 2.05) is 4.90 Å². The van der Waals surface area contributed by atoms with Crippen molar-refractivity contribution >= 4 is 5.91 Å². The molecule has 3 N–H and O–H groups in total. The summed E-state index contributed by atoms with van der Waals surface area (Å²) in [7, 11) is 0. The summed E-state index contributed by atoms with van der Waals surface area (Å²) >= 11 is 0. The highest BCUT2D eigenvalue weighted by atomic mass is 16.3. The van der Waals surface area contributed by atoms with Gasteiger partial charge >= 0.3 is 0 Å². The number of amides is 1. The molecule has 6 heteroatoms. The first-order valence-corrected chi connectivity index (χ1v) is 7.58. The number of nitrogens with zero attached hydrogens (tertiary/aromatic N) is 1. The summed E-state index contributed by atoms with van der Waals surface area (Å²) in [4.78, 5) is 28.2. The van der Waals surface area contributed by atoms with Crippen molar-refractivity contribution in [2.75, 3.05) is 19.6 Å². The molecule has 1 unspecified atom stereocenters. The predicted octanol–water partition coefficient (Wildman–Crippen LogP) is 0.685. The molecule has 0 radical (unpaired) electrons. The molecular weight excluding hydrogens is 270 g/mol. The molecule has 1 aliphatic carbocycles. The molecule has 114 valence electrons. The van der Waals surface area contributed by atoms with E-state index in [4.69, 9.17) is 0 Å². The zero-order valence-corrected chi connectivity index (χ0v) is 12.0. The van der Waals surface area contributed by atoms with E-state index in [1.165, 1.54) is 12.1 Å². The first-order chi connectivity index (χ1) is 10.1. The highest BCUT2D eigenvalue weighted by Gasteiger charge is 2.34. The molecule has 1 atom stereocenters. The second kappa shape index (κ2) is 5.89. The molecule has 6 nitrogen and oxygen atoms in total. The lowest BCUT2D eigenvalue weighted by Gasteiger charge is -2.30. The van der Waals surface area contributed by atoms with Crippen molar-refractivity contribution in [3.63, 3.8) is 0 Å². The molecule has 1 saturated heterocycles. The molecule has 2 aliphatic rings. The maximum absolute atomic E-state index is 12.6. The van der Waals surface area contributed by atoms with Gasteiger partial charge in [-0.3, -0.25) is 14.6 Å². The number of hydrogen-bond donors (Lipinski definition) is 3. The number of hydrogen-bond acceptors (Lipinski definition) is 4. The van der Waals surface area contributed by atoms with Crippen LogP contribution in [0, 0.1) is 5.92 Å². The Hall–Kier alpha value is -1.82. The molecule has 2 heterocycles. The summed E-state index contributed by atoms with van der Waals surface area (Å²) in [5, 5.41) is 12.8. The number of aromatic hydroxyl groups is 1. The summed E-state index contributed by atoms with van der Waals surface area (Å²) < 4.78 is 0. The van der Waals surface area contributed by atoms with Gasteiger partial charge in [0.05, 0.1) is 5.56 Å². The van der Waals surface area contributed by atoms with Gasteiger partial charge in [0.25, 0.3) is 11.5 Å². The van der Waals surface area contributed by atoms with Crippen LogP contribution in [-0.2, 0) is 0 Å². The Morgan fingerprint density at radius 1 is 1.33 bits per heavy atom. The van der Waals surface area contributed by atoms with E-state index in [9.17, 15) is 14.7 Å². The third kappa shape index (κ3) is 3.44. The highest BCUT2D eigenvalue weighted by Crippen LogP contribution is 2.30. The van der Waals surface area contributed by atoms with Crippen molar-refractivity contribution in [1.82, 2.24) is 15.2 Å². The van der Waals surface area contributed by atoms with Crippen molar-refractivity contribution < 1.29 is 9.90 Å². The molecule has 1 saturated carbocycles. The largest absolute Gasteiger partial charge is 0.494 e. The van der Waals surface area contributed by atoms with Crippen LogP contribution in [0.4, 0.5) is 0 Å². The third-order valence-corrected chi connectivity index (χ3v) is 4.18. The summed E-state index contributed by atoms with van der Waals surface area (Å²) in [5.41, 5.74) is -0.180. The van der Waals surface area contributed by atoms with Gasteiger partial charge in [0.15, 0.2) is 5.88 Å². The summed E-state index contributed by atoms with van der Waals surface area (Å²) in [6.45, 7) is 2.72. The van der Waals surface area contributed by atoms with Gasteiger partial charge < -0.3 is 15.3 Å². The number of carbonyl (C=O) groups is 1. The highest BCUT2D eigenvalue weighted by molar-refractivity contribution is 5.94. The molecule has 21 heavy (non-hydrogen) atoms. The molecule has 0 spiro atoms. The first-order valence-electron chi connectivity index (χ1n) is 7.58. The SMILES string of the molecule is O=C(c1cc(O)[nH]c(=O)c1)N(CC1CCCNC1)C1CC1. The van der Waals surface area contributed by atoms with Crippen LogP contribution in [0.15, 0.2) is 16.9 Å². The number of nitrogens with one attached hydrogen (secondary N) is 2. The van der Waals surface area contributed by atoms with Crippen LogP contribution in [0.3, 0.4) is 0 Å². The predicted molar refractivity (Wildman–Crippen MR) is 78.4 cm³/mol. The number of aromatic nitrogens is 1. The zero-order valence-electron chi connectivity index (χ0n) is 12.0. The Morgan fingerprint density at radius 2 is 2.14 bits per heavy atom. The smallest absolute Gasteiger partial charge is 0.254 e. The average molecular weight is 291 g/mol. The van der Waals surface area contributed by atoms with Gasteiger partial charge in [-0.2, -0.15) is 0 Å². The molecule has 1 aliphatic heterocycles. The van der Waals surface area contributed by atoms with Crippen LogP contribution in [0.5, 0.6) is 5.88 Å². The third-order valence-electron chi connectivity index (χ3n) is 4.18. The second-order valence-electron chi connectivity index (χ2n) is 6.02. The van der Waals surface area contributed by atoms with Crippen molar-refractivity contribution in [3.05, 3.63) is 28.0 Å². The average Bonchev–Trinajstić information content (AvgIpc) is 3.29. The Bertz CT molecular complexity index is 574. The maximum atomic E-state index is 12.6. The van der Waals surface area contributed by atoms with Crippen LogP contribution in [0.2, 0.25) is 0 Å². The van der Waals surface area contributed by atoms with E-state index in [1.54, 1.807) is 0 Å². The van der Waals surface area contributed by atoms with Crippen LogP contribution in [0.1, 0.15) is 36.0 Å². The standard InChI is InChI=1S/C15H21N3O3/c19-13-6-11(7-14(20)17-13)15(21)18(12-3-4-12)9-10-2-1-5-16-8-10/h6-7,10,12,16H,1-5,8-9H2,(H2,17,19,20). The Balaban J connectivity index is 1.76. The molecule has 2 fully saturated rings. The van der Waals surface area contributed by atoms with Crippen molar-refractivity contribution in [1.29, 1.82) is 0 Å².